The third kappa shape index (κ3) is 5.97. The molecule has 0 saturated heterocycles. The predicted molar refractivity (Wildman–Crippen MR) is 117 cm³/mol. The zero-order valence-corrected chi connectivity index (χ0v) is 18.9. The normalized spacial score (nSPS) is 24.0. The van der Waals surface area contributed by atoms with Crippen LogP contribution in [0.2, 0.25) is 0 Å². The molecule has 33 heavy (non-hydrogen) atoms. The standard InChI is InChI=1S/C12H21N3O.C11H10F3NO2/c1-3-12(4-2)7-10(16)15(11(13)14-12)8-9-5-6-9;12-11(13,14)10-5-8(15-6-16)7-3-1-2-4-9(7)17-10/h9H,3-8H2,1-2H3,(H2,13,14);1-4,6,8,10H,5H2,(H,15,16). The highest BCUT2D eigenvalue weighted by atomic mass is 19.4. The van der Waals surface area contributed by atoms with Crippen LogP contribution in [0, 0.1) is 5.92 Å². The van der Waals surface area contributed by atoms with E-state index >= 15 is 0 Å². The van der Waals surface area contributed by atoms with Crippen molar-refractivity contribution >= 4 is 18.3 Å². The molecule has 0 spiro atoms. The third-order valence-electron chi connectivity index (χ3n) is 6.51. The molecule has 0 aromatic heterocycles. The summed E-state index contributed by atoms with van der Waals surface area (Å²) < 4.78 is 42.7. The molecule has 1 saturated carbocycles. The van der Waals surface area contributed by atoms with Crippen molar-refractivity contribution in [2.45, 2.75) is 76.2 Å². The fourth-order valence-electron chi connectivity index (χ4n) is 4.12. The van der Waals surface area contributed by atoms with Crippen LogP contribution in [0.5, 0.6) is 5.75 Å². The Bertz CT molecular complexity index is 882. The fraction of sp³-hybridized carbons (Fsp3) is 0.609. The molecule has 0 radical (unpaired) electrons. The van der Waals surface area contributed by atoms with Gasteiger partial charge in [0.1, 0.15) is 5.75 Å². The average molecular weight is 469 g/mol. The van der Waals surface area contributed by atoms with Gasteiger partial charge in [-0.3, -0.25) is 14.5 Å². The molecular weight excluding hydrogens is 437 g/mol. The molecule has 7 nitrogen and oxygen atoms in total. The molecular formula is C23H31F3N4O3. The largest absolute Gasteiger partial charge is 0.480 e. The molecule has 182 valence electrons. The van der Waals surface area contributed by atoms with E-state index in [1.807, 2.05) is 0 Å². The van der Waals surface area contributed by atoms with E-state index in [0.717, 1.165) is 19.4 Å². The molecule has 1 fully saturated rings. The summed E-state index contributed by atoms with van der Waals surface area (Å²) in [6, 6.07) is 5.73. The fourth-order valence-corrected chi connectivity index (χ4v) is 4.12. The van der Waals surface area contributed by atoms with E-state index in [9.17, 15) is 22.8 Å². The smallest absolute Gasteiger partial charge is 0.425 e. The number of guanidine groups is 1. The van der Waals surface area contributed by atoms with Crippen molar-refractivity contribution in [1.29, 1.82) is 0 Å². The van der Waals surface area contributed by atoms with Gasteiger partial charge in [0.2, 0.25) is 12.3 Å². The minimum atomic E-state index is -4.43. The molecule has 2 unspecified atom stereocenters. The van der Waals surface area contributed by atoms with Crippen LogP contribution < -0.4 is 15.8 Å². The third-order valence-corrected chi connectivity index (χ3v) is 6.51. The van der Waals surface area contributed by atoms with Crippen LogP contribution in [-0.4, -0.2) is 47.5 Å². The van der Waals surface area contributed by atoms with Gasteiger partial charge in [-0.2, -0.15) is 13.2 Å². The van der Waals surface area contributed by atoms with E-state index in [-0.39, 0.29) is 23.6 Å². The summed E-state index contributed by atoms with van der Waals surface area (Å²) >= 11 is 0. The van der Waals surface area contributed by atoms with Crippen molar-refractivity contribution in [3.63, 3.8) is 0 Å². The molecule has 1 aromatic carbocycles. The van der Waals surface area contributed by atoms with Gasteiger partial charge in [-0.15, -0.1) is 0 Å². The number of carbonyl (C=O) groups excluding carboxylic acids is 2. The number of carbonyl (C=O) groups is 2. The SMILES string of the molecule is CCC1(CC)CC(=O)N(CC2CC2)C(N)=N1.O=CNC1CC(C(F)(F)F)Oc2ccccc21. The van der Waals surface area contributed by atoms with Crippen molar-refractivity contribution < 1.29 is 27.5 Å². The first-order valence-corrected chi connectivity index (χ1v) is 11.3. The highest BCUT2D eigenvalue weighted by Gasteiger charge is 2.46. The molecule has 1 aromatic rings. The van der Waals surface area contributed by atoms with E-state index < -0.39 is 18.3 Å². The molecule has 2 amide bonds. The van der Waals surface area contributed by atoms with Crippen LogP contribution in [0.1, 0.15) is 64.0 Å². The molecule has 0 bridgehead atoms. The van der Waals surface area contributed by atoms with E-state index in [4.69, 9.17) is 10.5 Å². The number of benzene rings is 1. The lowest BCUT2D eigenvalue weighted by atomic mass is 9.88. The van der Waals surface area contributed by atoms with E-state index in [1.54, 1.807) is 23.1 Å². The Kier molecular flexibility index (Phi) is 7.54. The Labute approximate surface area is 191 Å². The molecule has 10 heteroatoms. The number of rotatable bonds is 6. The van der Waals surface area contributed by atoms with Crippen molar-refractivity contribution in [3.8, 4) is 5.75 Å². The van der Waals surface area contributed by atoms with Crippen LogP contribution in [0.4, 0.5) is 13.2 Å². The number of nitrogens with zero attached hydrogens (tertiary/aromatic N) is 2. The van der Waals surface area contributed by atoms with Gasteiger partial charge in [0, 0.05) is 18.5 Å². The van der Waals surface area contributed by atoms with Crippen LogP contribution in [0.25, 0.3) is 0 Å². The molecule has 4 rings (SSSR count). The summed E-state index contributed by atoms with van der Waals surface area (Å²) in [5.41, 5.74) is 6.26. The maximum absolute atomic E-state index is 12.6. The Hall–Kier alpha value is -2.78. The molecule has 2 aliphatic heterocycles. The number of halogens is 3. The van der Waals surface area contributed by atoms with E-state index in [0.29, 0.717) is 30.3 Å². The molecule has 2 atom stereocenters. The van der Waals surface area contributed by atoms with Gasteiger partial charge in [-0.25, -0.2) is 4.99 Å². The molecule has 1 aliphatic carbocycles. The van der Waals surface area contributed by atoms with Crippen molar-refractivity contribution in [2.24, 2.45) is 16.6 Å². The van der Waals surface area contributed by atoms with E-state index in [2.05, 4.69) is 24.2 Å². The topological polar surface area (TPSA) is 97.0 Å². The highest BCUT2D eigenvalue weighted by molar-refractivity contribution is 5.99. The number of amides is 2. The lowest BCUT2D eigenvalue weighted by molar-refractivity contribution is -0.201. The monoisotopic (exact) mass is 468 g/mol. The average Bonchev–Trinajstić information content (AvgIpc) is 3.60. The zero-order valence-electron chi connectivity index (χ0n) is 18.9. The van der Waals surface area contributed by atoms with Gasteiger partial charge in [0.05, 0.1) is 18.0 Å². The summed E-state index contributed by atoms with van der Waals surface area (Å²) in [5, 5.41) is 2.38. The molecule has 3 aliphatic rings. The van der Waals surface area contributed by atoms with Crippen LogP contribution in [-0.2, 0) is 9.59 Å². The summed E-state index contributed by atoms with van der Waals surface area (Å²) in [6.07, 6.45) is -1.48. The summed E-state index contributed by atoms with van der Waals surface area (Å²) in [7, 11) is 0. The van der Waals surface area contributed by atoms with E-state index in [1.165, 1.54) is 18.9 Å². The molecule has 2 heterocycles. The maximum atomic E-state index is 12.6. The number of aliphatic imine (C=N–C) groups is 1. The Morgan fingerprint density at radius 1 is 1.27 bits per heavy atom. The van der Waals surface area contributed by atoms with Gasteiger partial charge >= 0.3 is 6.18 Å². The van der Waals surface area contributed by atoms with Gasteiger partial charge in [-0.1, -0.05) is 32.0 Å². The zero-order chi connectivity index (χ0) is 24.2. The number of hydrogen-bond acceptors (Lipinski definition) is 5. The second-order valence-corrected chi connectivity index (χ2v) is 8.78. The highest BCUT2D eigenvalue weighted by Crippen LogP contribution is 2.39. The van der Waals surface area contributed by atoms with Gasteiger partial charge in [0.25, 0.3) is 0 Å². The lowest BCUT2D eigenvalue weighted by Crippen LogP contribution is -2.51. The number of nitrogens with two attached hydrogens (primary N) is 1. The van der Waals surface area contributed by atoms with Crippen LogP contribution in [0.15, 0.2) is 29.3 Å². The predicted octanol–water partition coefficient (Wildman–Crippen LogP) is 3.69. The Balaban J connectivity index is 0.000000186. The summed E-state index contributed by atoms with van der Waals surface area (Å²) in [6.45, 7) is 4.92. The quantitative estimate of drug-likeness (QED) is 0.623. The van der Waals surface area contributed by atoms with Crippen LogP contribution in [0.3, 0.4) is 0 Å². The maximum Gasteiger partial charge on any atom is 0.425 e. The Morgan fingerprint density at radius 2 is 1.94 bits per heavy atom. The number of fused-ring (bicyclic) bond motifs is 1. The minimum absolute atomic E-state index is 0.156. The first-order chi connectivity index (χ1) is 15.6. The van der Waals surface area contributed by atoms with Crippen molar-refractivity contribution in [1.82, 2.24) is 10.2 Å². The molecule has 3 N–H and O–H groups in total. The number of nitrogens with one attached hydrogen (secondary N) is 1. The summed E-state index contributed by atoms with van der Waals surface area (Å²) in [4.78, 5) is 28.7. The first-order valence-electron chi connectivity index (χ1n) is 11.3. The second-order valence-electron chi connectivity index (χ2n) is 8.78. The number of para-hydroxylation sites is 1. The lowest BCUT2D eigenvalue weighted by Gasteiger charge is -2.36. The second kappa shape index (κ2) is 10.0. The Morgan fingerprint density at radius 3 is 2.48 bits per heavy atom. The first kappa shape index (κ1) is 24.9. The number of ether oxygens (including phenoxy) is 1. The van der Waals surface area contributed by atoms with Crippen molar-refractivity contribution in [2.75, 3.05) is 6.54 Å². The van der Waals surface area contributed by atoms with Gasteiger partial charge in [-0.05, 0) is 37.7 Å². The number of alkyl halides is 3. The summed E-state index contributed by atoms with van der Waals surface area (Å²) in [5.74, 6) is 1.42. The minimum Gasteiger partial charge on any atom is -0.480 e. The number of hydrogen-bond donors (Lipinski definition) is 2. The van der Waals surface area contributed by atoms with Gasteiger partial charge in [0.15, 0.2) is 12.1 Å². The van der Waals surface area contributed by atoms with Gasteiger partial charge < -0.3 is 15.8 Å². The van der Waals surface area contributed by atoms with Crippen LogP contribution >= 0.6 is 0 Å². The van der Waals surface area contributed by atoms with Crippen molar-refractivity contribution in [3.05, 3.63) is 29.8 Å².